The van der Waals surface area contributed by atoms with Gasteiger partial charge in [0.15, 0.2) is 0 Å². The number of hydrogen-bond donors (Lipinski definition) is 0. The van der Waals surface area contributed by atoms with Crippen LogP contribution in [0.2, 0.25) is 0 Å². The normalized spacial score (nSPS) is 10.5. The van der Waals surface area contributed by atoms with E-state index in [0.717, 1.165) is 16.7 Å². The topological polar surface area (TPSA) is 30.7 Å². The number of rotatable bonds is 3. The van der Waals surface area contributed by atoms with Crippen molar-refractivity contribution >= 4 is 17.1 Å². The molecule has 0 spiro atoms. The van der Waals surface area contributed by atoms with E-state index < -0.39 is 0 Å². The predicted octanol–water partition coefficient (Wildman–Crippen LogP) is 3.15. The van der Waals surface area contributed by atoms with Crippen LogP contribution in [-0.4, -0.2) is 17.0 Å². The van der Waals surface area contributed by atoms with Crippen molar-refractivity contribution in [2.24, 2.45) is 0 Å². The number of allylic oxidation sites excluding steroid dienone is 1. The van der Waals surface area contributed by atoms with Gasteiger partial charge >= 0.3 is 5.97 Å². The number of hydrogen-bond acceptors (Lipinski definition) is 2. The number of pyridine rings is 1. The molecule has 0 amide bonds. The van der Waals surface area contributed by atoms with E-state index >= 15 is 0 Å². The largest absolute Gasteiger partial charge is 0.462 e. The van der Waals surface area contributed by atoms with E-state index in [1.165, 1.54) is 0 Å². The molecule has 0 radical (unpaired) electrons. The van der Waals surface area contributed by atoms with Gasteiger partial charge in [-0.2, -0.15) is 0 Å². The number of nitrogens with zero attached hydrogens (tertiary/aromatic N) is 1. The molecule has 0 atom stereocenters. The lowest BCUT2D eigenvalue weighted by molar-refractivity contribution is 0.0526. The molecule has 0 saturated heterocycles. The lowest BCUT2D eigenvalue weighted by Crippen LogP contribution is -2.05. The van der Waals surface area contributed by atoms with Crippen molar-refractivity contribution in [2.75, 3.05) is 6.61 Å². The van der Waals surface area contributed by atoms with E-state index in [2.05, 4.69) is 6.58 Å². The van der Waals surface area contributed by atoms with Crippen molar-refractivity contribution in [3.05, 3.63) is 48.3 Å². The molecule has 0 unspecified atom stereocenters. The maximum absolute atomic E-state index is 11.9. The lowest BCUT2D eigenvalue weighted by atomic mass is 10.1. The molecule has 2 aromatic heterocycles. The molecular formula is C14H15NO2. The third-order valence-electron chi connectivity index (χ3n) is 2.61. The molecular weight excluding hydrogens is 214 g/mol. The summed E-state index contributed by atoms with van der Waals surface area (Å²) < 4.78 is 6.97. The van der Waals surface area contributed by atoms with Crippen LogP contribution in [0, 0.1) is 0 Å². The summed E-state index contributed by atoms with van der Waals surface area (Å²) in [5.41, 5.74) is 3.28. The smallest absolute Gasteiger partial charge is 0.340 e. The number of carbonyl (C=O) groups is 1. The summed E-state index contributed by atoms with van der Waals surface area (Å²) in [6.45, 7) is 8.00. The number of aromatic nitrogens is 1. The van der Waals surface area contributed by atoms with Gasteiger partial charge < -0.3 is 9.14 Å². The summed E-state index contributed by atoms with van der Waals surface area (Å²) in [5.74, 6) is -0.297. The van der Waals surface area contributed by atoms with Crippen LogP contribution in [0.4, 0.5) is 0 Å². The minimum Gasteiger partial charge on any atom is -0.462 e. The second-order valence-corrected chi connectivity index (χ2v) is 3.91. The summed E-state index contributed by atoms with van der Waals surface area (Å²) in [6, 6.07) is 5.83. The highest BCUT2D eigenvalue weighted by Crippen LogP contribution is 2.25. The monoisotopic (exact) mass is 229 g/mol. The number of esters is 1. The number of carbonyl (C=O) groups excluding carboxylic acids is 1. The first kappa shape index (κ1) is 11.5. The summed E-state index contributed by atoms with van der Waals surface area (Å²) in [4.78, 5) is 11.9. The van der Waals surface area contributed by atoms with Crippen LogP contribution in [0.1, 0.15) is 29.8 Å². The quantitative estimate of drug-likeness (QED) is 0.757. The van der Waals surface area contributed by atoms with Crippen LogP contribution in [0.15, 0.2) is 37.2 Å². The molecule has 0 bridgehead atoms. The molecule has 2 rings (SSSR count). The third-order valence-corrected chi connectivity index (χ3v) is 2.61. The van der Waals surface area contributed by atoms with E-state index in [9.17, 15) is 4.79 Å². The van der Waals surface area contributed by atoms with Gasteiger partial charge in [-0.1, -0.05) is 12.6 Å². The lowest BCUT2D eigenvalue weighted by Gasteiger charge is -2.03. The van der Waals surface area contributed by atoms with Gasteiger partial charge in [-0.25, -0.2) is 4.79 Å². The highest BCUT2D eigenvalue weighted by atomic mass is 16.5. The van der Waals surface area contributed by atoms with E-state index in [0.29, 0.717) is 12.2 Å². The van der Waals surface area contributed by atoms with Gasteiger partial charge in [0, 0.05) is 18.0 Å². The van der Waals surface area contributed by atoms with Gasteiger partial charge in [0.25, 0.3) is 0 Å². The molecule has 2 heterocycles. The van der Waals surface area contributed by atoms with E-state index in [1.807, 2.05) is 35.7 Å². The van der Waals surface area contributed by atoms with Gasteiger partial charge in [-0.05, 0) is 31.6 Å². The van der Waals surface area contributed by atoms with Crippen molar-refractivity contribution < 1.29 is 9.53 Å². The molecule has 17 heavy (non-hydrogen) atoms. The number of ether oxygens (including phenoxy) is 1. The van der Waals surface area contributed by atoms with Gasteiger partial charge in [0.05, 0.1) is 17.7 Å². The van der Waals surface area contributed by atoms with Crippen molar-refractivity contribution in [2.45, 2.75) is 13.8 Å². The Morgan fingerprint density at radius 3 is 2.88 bits per heavy atom. The van der Waals surface area contributed by atoms with Crippen molar-refractivity contribution in [1.82, 2.24) is 4.40 Å². The Labute approximate surface area is 100 Å². The van der Waals surface area contributed by atoms with E-state index in [1.54, 1.807) is 13.1 Å². The van der Waals surface area contributed by atoms with Crippen LogP contribution < -0.4 is 0 Å². The van der Waals surface area contributed by atoms with Crippen molar-refractivity contribution in [3.63, 3.8) is 0 Å². The fourth-order valence-corrected chi connectivity index (χ4v) is 1.93. The molecule has 0 saturated carbocycles. The van der Waals surface area contributed by atoms with Crippen LogP contribution in [0.5, 0.6) is 0 Å². The summed E-state index contributed by atoms with van der Waals surface area (Å²) in [6.07, 6.45) is 3.70. The Hall–Kier alpha value is -2.03. The zero-order chi connectivity index (χ0) is 12.4. The zero-order valence-corrected chi connectivity index (χ0v) is 10.1. The Bertz CT molecular complexity index is 581. The Kier molecular flexibility index (Phi) is 3.00. The van der Waals surface area contributed by atoms with Crippen LogP contribution in [0.25, 0.3) is 11.1 Å². The molecule has 0 aromatic carbocycles. The Morgan fingerprint density at radius 2 is 2.24 bits per heavy atom. The summed E-state index contributed by atoms with van der Waals surface area (Å²) >= 11 is 0. The Balaban J connectivity index is 2.66. The predicted molar refractivity (Wildman–Crippen MR) is 68.1 cm³/mol. The SMILES string of the molecule is C=C(C)c1c(C(=O)OCC)cn2ccccc12. The summed E-state index contributed by atoms with van der Waals surface area (Å²) in [5, 5.41) is 0. The minimum absolute atomic E-state index is 0.297. The number of fused-ring (bicyclic) bond motifs is 1. The highest BCUT2D eigenvalue weighted by Gasteiger charge is 2.17. The fourth-order valence-electron chi connectivity index (χ4n) is 1.93. The second kappa shape index (κ2) is 4.45. The molecule has 3 heteroatoms. The van der Waals surface area contributed by atoms with E-state index in [-0.39, 0.29) is 5.97 Å². The molecule has 0 aliphatic heterocycles. The second-order valence-electron chi connectivity index (χ2n) is 3.91. The fraction of sp³-hybridized carbons (Fsp3) is 0.214. The van der Waals surface area contributed by atoms with Gasteiger partial charge in [-0.3, -0.25) is 0 Å². The maximum atomic E-state index is 11.9. The minimum atomic E-state index is -0.297. The first-order valence-corrected chi connectivity index (χ1v) is 5.57. The molecule has 0 aliphatic carbocycles. The molecule has 0 N–H and O–H groups in total. The molecule has 88 valence electrons. The van der Waals surface area contributed by atoms with Crippen LogP contribution in [-0.2, 0) is 4.74 Å². The molecule has 2 aromatic rings. The highest BCUT2D eigenvalue weighted by molar-refractivity contribution is 5.99. The van der Waals surface area contributed by atoms with Crippen LogP contribution >= 0.6 is 0 Å². The first-order valence-electron chi connectivity index (χ1n) is 5.57. The third kappa shape index (κ3) is 1.96. The average molecular weight is 229 g/mol. The Morgan fingerprint density at radius 1 is 1.47 bits per heavy atom. The van der Waals surface area contributed by atoms with Gasteiger partial charge in [0.1, 0.15) is 0 Å². The first-order chi connectivity index (χ1) is 8.15. The molecule has 0 fully saturated rings. The van der Waals surface area contributed by atoms with Crippen molar-refractivity contribution in [1.29, 1.82) is 0 Å². The standard InChI is InChI=1S/C14H15NO2/c1-4-17-14(16)11-9-15-8-6-5-7-12(15)13(11)10(2)3/h5-9H,2,4H2,1,3H3. The molecule has 3 nitrogen and oxygen atoms in total. The van der Waals surface area contributed by atoms with E-state index in [4.69, 9.17) is 4.74 Å². The van der Waals surface area contributed by atoms with Crippen molar-refractivity contribution in [3.8, 4) is 0 Å². The average Bonchev–Trinajstić information content (AvgIpc) is 2.68. The zero-order valence-electron chi connectivity index (χ0n) is 10.1. The van der Waals surface area contributed by atoms with Gasteiger partial charge in [-0.15, -0.1) is 0 Å². The summed E-state index contributed by atoms with van der Waals surface area (Å²) in [7, 11) is 0. The van der Waals surface area contributed by atoms with Gasteiger partial charge in [0.2, 0.25) is 0 Å². The molecule has 0 aliphatic rings. The maximum Gasteiger partial charge on any atom is 0.340 e. The van der Waals surface area contributed by atoms with Crippen LogP contribution in [0.3, 0.4) is 0 Å².